The molecule has 2 bridgehead atoms. The molecule has 0 saturated heterocycles. The number of allylic oxidation sites excluding steroid dienone is 4. The Kier molecular flexibility index (Phi) is 1.99. The van der Waals surface area contributed by atoms with Gasteiger partial charge in [-0.15, -0.1) is 0 Å². The van der Waals surface area contributed by atoms with Gasteiger partial charge in [0.1, 0.15) is 0 Å². The third kappa shape index (κ3) is 1.06. The summed E-state index contributed by atoms with van der Waals surface area (Å²) in [6, 6.07) is 0. The highest BCUT2D eigenvalue weighted by Crippen LogP contribution is 2.59. The van der Waals surface area contributed by atoms with E-state index in [4.69, 9.17) is 0 Å². The van der Waals surface area contributed by atoms with Crippen molar-refractivity contribution in [2.75, 3.05) is 0 Å². The van der Waals surface area contributed by atoms with Gasteiger partial charge in [-0.05, 0) is 47.7 Å². The van der Waals surface area contributed by atoms with Crippen molar-refractivity contribution < 1.29 is 0 Å². The molecule has 0 heterocycles. The Morgan fingerprint density at radius 1 is 0.857 bits per heavy atom. The van der Waals surface area contributed by atoms with E-state index in [1.165, 1.54) is 36.8 Å². The average molecular weight is 188 g/mol. The van der Waals surface area contributed by atoms with E-state index < -0.39 is 0 Å². The molecule has 0 aliphatic heterocycles. The largest absolute Gasteiger partial charge is 0.0988 e. The first-order chi connectivity index (χ1) is 6.56. The Morgan fingerprint density at radius 3 is 1.36 bits per heavy atom. The maximum Gasteiger partial charge on any atom is -0.00719 e. The number of fused-ring (bicyclic) bond motifs is 2. The molecule has 0 heteroatoms. The highest BCUT2D eigenvalue weighted by molar-refractivity contribution is 5.44. The van der Waals surface area contributed by atoms with Crippen LogP contribution in [0.2, 0.25) is 0 Å². The smallest absolute Gasteiger partial charge is 0.00719 e. The molecule has 0 aromatic carbocycles. The predicted octanol–water partition coefficient (Wildman–Crippen LogP) is 4.26. The predicted molar refractivity (Wildman–Crippen MR) is 62.1 cm³/mol. The van der Waals surface area contributed by atoms with E-state index in [1.807, 2.05) is 0 Å². The maximum atomic E-state index is 3.97. The van der Waals surface area contributed by atoms with Gasteiger partial charge in [0.25, 0.3) is 0 Å². The molecule has 76 valence electrons. The van der Waals surface area contributed by atoms with E-state index in [-0.39, 0.29) is 0 Å². The molecule has 3 rings (SSSR count). The van der Waals surface area contributed by atoms with Crippen LogP contribution < -0.4 is 0 Å². The molecule has 0 unspecified atom stereocenters. The number of rotatable bonds is 2. The molecule has 0 amide bonds. The van der Waals surface area contributed by atoms with Crippen molar-refractivity contribution in [3.63, 3.8) is 0 Å². The summed E-state index contributed by atoms with van der Waals surface area (Å²) >= 11 is 0. The van der Waals surface area contributed by atoms with Gasteiger partial charge >= 0.3 is 0 Å². The molecule has 0 atom stereocenters. The lowest BCUT2D eigenvalue weighted by molar-refractivity contribution is 0.132. The Labute approximate surface area is 87.4 Å². The zero-order valence-electron chi connectivity index (χ0n) is 9.40. The minimum atomic E-state index is 0.392. The highest BCUT2D eigenvalue weighted by Gasteiger charge is 2.47. The second-order valence-corrected chi connectivity index (χ2v) is 5.36. The molecule has 1 saturated carbocycles. The molecule has 0 nitrogen and oxygen atoms in total. The minimum absolute atomic E-state index is 0.392. The van der Waals surface area contributed by atoms with Crippen LogP contribution in [0.1, 0.15) is 39.5 Å². The van der Waals surface area contributed by atoms with Crippen molar-refractivity contribution in [3.05, 3.63) is 36.5 Å². The third-order valence-corrected chi connectivity index (χ3v) is 4.46. The van der Waals surface area contributed by atoms with Crippen LogP contribution in [0.15, 0.2) is 36.5 Å². The van der Waals surface area contributed by atoms with E-state index in [0.29, 0.717) is 10.8 Å². The fourth-order valence-electron chi connectivity index (χ4n) is 3.26. The Balaban J connectivity index is 2.62. The molecule has 14 heavy (non-hydrogen) atoms. The van der Waals surface area contributed by atoms with Crippen molar-refractivity contribution in [1.82, 2.24) is 0 Å². The summed E-state index contributed by atoms with van der Waals surface area (Å²) in [5.74, 6) is 0. The second-order valence-electron chi connectivity index (χ2n) is 5.36. The monoisotopic (exact) mass is 188 g/mol. The van der Waals surface area contributed by atoms with Crippen molar-refractivity contribution in [1.29, 1.82) is 0 Å². The van der Waals surface area contributed by atoms with Gasteiger partial charge in [0.15, 0.2) is 0 Å². The van der Waals surface area contributed by atoms with Gasteiger partial charge in [-0.3, -0.25) is 0 Å². The van der Waals surface area contributed by atoms with Crippen LogP contribution in [0.4, 0.5) is 0 Å². The summed E-state index contributed by atoms with van der Waals surface area (Å²) < 4.78 is 0. The van der Waals surface area contributed by atoms with E-state index >= 15 is 0 Å². The average Bonchev–Trinajstić information content (AvgIpc) is 2.18. The van der Waals surface area contributed by atoms with E-state index in [9.17, 15) is 0 Å². The summed E-state index contributed by atoms with van der Waals surface area (Å²) in [6.45, 7) is 12.7. The number of hydrogen-bond donors (Lipinski definition) is 0. The molecule has 0 N–H and O–H groups in total. The van der Waals surface area contributed by atoms with Gasteiger partial charge in [-0.1, -0.05) is 39.2 Å². The van der Waals surface area contributed by atoms with Crippen LogP contribution in [-0.2, 0) is 0 Å². The Morgan fingerprint density at radius 2 is 1.14 bits per heavy atom. The van der Waals surface area contributed by atoms with Crippen molar-refractivity contribution in [3.8, 4) is 0 Å². The molecule has 0 aromatic heterocycles. The minimum Gasteiger partial charge on any atom is -0.0988 e. The zero-order valence-corrected chi connectivity index (χ0v) is 9.40. The normalized spacial score (nSPS) is 41.3. The van der Waals surface area contributed by atoms with Gasteiger partial charge in [0, 0.05) is 0 Å². The lowest BCUT2D eigenvalue weighted by Gasteiger charge is -2.52. The summed E-state index contributed by atoms with van der Waals surface area (Å²) in [5, 5.41) is 0. The van der Waals surface area contributed by atoms with E-state index in [0.717, 1.165) is 0 Å². The first-order valence-corrected chi connectivity index (χ1v) is 5.56. The van der Waals surface area contributed by atoms with Crippen LogP contribution in [-0.4, -0.2) is 0 Å². The fraction of sp³-hybridized carbons (Fsp3) is 0.571. The van der Waals surface area contributed by atoms with Crippen molar-refractivity contribution >= 4 is 0 Å². The van der Waals surface area contributed by atoms with Crippen molar-refractivity contribution in [2.45, 2.75) is 39.5 Å². The van der Waals surface area contributed by atoms with Gasteiger partial charge < -0.3 is 0 Å². The summed E-state index contributed by atoms with van der Waals surface area (Å²) in [5.41, 5.74) is 3.71. The first kappa shape index (κ1) is 9.76. The molecule has 3 aliphatic rings. The molecule has 0 radical (unpaired) electrons. The molecule has 1 fully saturated rings. The molecular formula is C14H20. The summed E-state index contributed by atoms with van der Waals surface area (Å²) in [4.78, 5) is 0. The van der Waals surface area contributed by atoms with Crippen LogP contribution in [0.25, 0.3) is 0 Å². The molecule has 3 aliphatic carbocycles. The molecule has 0 spiro atoms. The van der Waals surface area contributed by atoms with E-state index in [1.54, 1.807) is 0 Å². The third-order valence-electron chi connectivity index (χ3n) is 4.46. The molecule has 0 aromatic rings. The van der Waals surface area contributed by atoms with Gasteiger partial charge in [-0.25, -0.2) is 0 Å². The van der Waals surface area contributed by atoms with Crippen LogP contribution in [0.5, 0.6) is 0 Å². The van der Waals surface area contributed by atoms with E-state index in [2.05, 4.69) is 39.2 Å². The lowest BCUT2D eigenvalue weighted by Crippen LogP contribution is -2.39. The fourth-order valence-corrected chi connectivity index (χ4v) is 3.26. The topological polar surface area (TPSA) is 0 Å². The van der Waals surface area contributed by atoms with Gasteiger partial charge in [-0.2, -0.15) is 0 Å². The maximum absolute atomic E-state index is 3.97. The first-order valence-electron chi connectivity index (χ1n) is 5.56. The highest BCUT2D eigenvalue weighted by atomic mass is 14.5. The van der Waals surface area contributed by atoms with Crippen LogP contribution in [0.3, 0.4) is 0 Å². The lowest BCUT2D eigenvalue weighted by atomic mass is 9.52. The second kappa shape index (κ2) is 2.85. The van der Waals surface area contributed by atoms with Crippen LogP contribution in [0, 0.1) is 10.8 Å². The zero-order chi connectivity index (χ0) is 10.4. The van der Waals surface area contributed by atoms with Crippen molar-refractivity contribution in [2.24, 2.45) is 10.8 Å². The SMILES string of the molecule is C=CC1=C(C=C)C2(C)CCC1(C)CC2. The summed E-state index contributed by atoms with van der Waals surface area (Å²) in [7, 11) is 0. The van der Waals surface area contributed by atoms with Crippen LogP contribution >= 0.6 is 0 Å². The Hall–Kier alpha value is -0.780. The Bertz CT molecular complexity index is 277. The number of hydrogen-bond acceptors (Lipinski definition) is 0. The summed E-state index contributed by atoms with van der Waals surface area (Å²) in [6.07, 6.45) is 9.41. The molecular weight excluding hydrogens is 168 g/mol. The standard InChI is InChI=1S/C14H20/c1-5-11-12(6-2)14(4)9-7-13(11,3)8-10-14/h5-6H,1-2,7-10H2,3-4H3. The quantitative estimate of drug-likeness (QED) is 0.607. The van der Waals surface area contributed by atoms with Gasteiger partial charge in [0.05, 0.1) is 0 Å². The van der Waals surface area contributed by atoms with Gasteiger partial charge in [0.2, 0.25) is 0 Å².